The minimum Gasteiger partial charge on any atom is -0.309 e. The van der Waals surface area contributed by atoms with Gasteiger partial charge in [0, 0.05) is 18.6 Å². The quantitative estimate of drug-likeness (QED) is 0.901. The molecule has 3 rings (SSSR count). The third-order valence-corrected chi connectivity index (χ3v) is 5.38. The molecular formula is C19H30N2. The zero-order valence-corrected chi connectivity index (χ0v) is 13.8. The summed E-state index contributed by atoms with van der Waals surface area (Å²) < 4.78 is 0. The largest absolute Gasteiger partial charge is 0.309 e. The van der Waals surface area contributed by atoms with E-state index < -0.39 is 0 Å². The molecule has 1 aromatic rings. The summed E-state index contributed by atoms with van der Waals surface area (Å²) in [6.07, 6.45) is 3.87. The fourth-order valence-corrected chi connectivity index (χ4v) is 4.25. The van der Waals surface area contributed by atoms with Gasteiger partial charge in [0.25, 0.3) is 0 Å². The Morgan fingerprint density at radius 3 is 2.62 bits per heavy atom. The van der Waals surface area contributed by atoms with Crippen LogP contribution in [0.1, 0.15) is 63.1 Å². The Kier molecular flexibility index (Phi) is 4.66. The Labute approximate surface area is 129 Å². The molecule has 4 atom stereocenters. The van der Waals surface area contributed by atoms with E-state index in [-0.39, 0.29) is 0 Å². The molecule has 1 heterocycles. The lowest BCUT2D eigenvalue weighted by molar-refractivity contribution is 0.158. The minimum absolute atomic E-state index is 0.516. The Morgan fingerprint density at radius 1 is 1.19 bits per heavy atom. The van der Waals surface area contributed by atoms with Crippen LogP contribution in [0.3, 0.4) is 0 Å². The van der Waals surface area contributed by atoms with E-state index >= 15 is 0 Å². The van der Waals surface area contributed by atoms with Crippen molar-refractivity contribution in [1.82, 2.24) is 10.2 Å². The van der Waals surface area contributed by atoms with Crippen molar-refractivity contribution >= 4 is 0 Å². The molecule has 0 amide bonds. The van der Waals surface area contributed by atoms with Gasteiger partial charge in [-0.1, -0.05) is 45.0 Å². The highest BCUT2D eigenvalue weighted by atomic mass is 15.2. The second-order valence-electron chi connectivity index (χ2n) is 7.15. The van der Waals surface area contributed by atoms with Crippen molar-refractivity contribution in [3.63, 3.8) is 0 Å². The second kappa shape index (κ2) is 6.50. The van der Waals surface area contributed by atoms with Gasteiger partial charge in [-0.15, -0.1) is 0 Å². The van der Waals surface area contributed by atoms with Gasteiger partial charge in [-0.3, -0.25) is 4.90 Å². The number of nitrogens with one attached hydrogen (secondary N) is 1. The minimum atomic E-state index is 0.516. The van der Waals surface area contributed by atoms with Crippen LogP contribution in [0.4, 0.5) is 0 Å². The lowest BCUT2D eigenvalue weighted by Gasteiger charge is -2.42. The number of benzene rings is 1. The summed E-state index contributed by atoms with van der Waals surface area (Å²) in [5.41, 5.74) is 3.11. The maximum Gasteiger partial charge on any atom is 0.0481 e. The van der Waals surface area contributed by atoms with Crippen molar-refractivity contribution < 1.29 is 0 Å². The van der Waals surface area contributed by atoms with Crippen molar-refractivity contribution in [2.45, 2.75) is 58.0 Å². The third kappa shape index (κ3) is 3.02. The van der Waals surface area contributed by atoms with Crippen molar-refractivity contribution in [1.29, 1.82) is 0 Å². The first kappa shape index (κ1) is 15.1. The summed E-state index contributed by atoms with van der Waals surface area (Å²) in [7, 11) is 0. The lowest BCUT2D eigenvalue weighted by Crippen LogP contribution is -2.47. The highest BCUT2D eigenvalue weighted by Crippen LogP contribution is 2.41. The molecule has 0 aromatic heterocycles. The molecule has 116 valence electrons. The summed E-state index contributed by atoms with van der Waals surface area (Å²) in [6.45, 7) is 10.7. The van der Waals surface area contributed by atoms with Gasteiger partial charge < -0.3 is 5.32 Å². The number of fused-ring (bicyclic) bond motifs is 1. The Hall–Kier alpha value is -0.860. The topological polar surface area (TPSA) is 15.3 Å². The smallest absolute Gasteiger partial charge is 0.0481 e. The van der Waals surface area contributed by atoms with Crippen molar-refractivity contribution in [3.05, 3.63) is 35.4 Å². The molecule has 0 spiro atoms. The molecule has 1 aromatic carbocycles. The maximum absolute atomic E-state index is 3.85. The van der Waals surface area contributed by atoms with Gasteiger partial charge in [-0.2, -0.15) is 0 Å². The fourth-order valence-electron chi connectivity index (χ4n) is 4.25. The Balaban J connectivity index is 1.88. The van der Waals surface area contributed by atoms with Crippen LogP contribution < -0.4 is 5.32 Å². The molecule has 0 radical (unpaired) electrons. The molecule has 0 saturated carbocycles. The number of hydrogen-bond acceptors (Lipinski definition) is 2. The van der Waals surface area contributed by atoms with Crippen LogP contribution in [-0.4, -0.2) is 30.6 Å². The fraction of sp³-hybridized carbons (Fsp3) is 0.684. The average Bonchev–Trinajstić information content (AvgIpc) is 2.93. The predicted molar refractivity (Wildman–Crippen MR) is 89.7 cm³/mol. The van der Waals surface area contributed by atoms with E-state index in [4.69, 9.17) is 0 Å². The summed E-state index contributed by atoms with van der Waals surface area (Å²) in [5, 5.41) is 3.85. The monoisotopic (exact) mass is 286 g/mol. The zero-order chi connectivity index (χ0) is 14.8. The van der Waals surface area contributed by atoms with Gasteiger partial charge in [-0.05, 0) is 55.3 Å². The van der Waals surface area contributed by atoms with E-state index in [0.717, 1.165) is 12.5 Å². The summed E-state index contributed by atoms with van der Waals surface area (Å²) in [4.78, 5) is 2.75. The number of rotatable bonds is 4. The first-order valence-electron chi connectivity index (χ1n) is 8.77. The van der Waals surface area contributed by atoms with Crippen molar-refractivity contribution in [2.24, 2.45) is 5.92 Å². The van der Waals surface area contributed by atoms with Gasteiger partial charge in [0.1, 0.15) is 0 Å². The maximum atomic E-state index is 3.85. The van der Waals surface area contributed by atoms with Crippen molar-refractivity contribution in [2.75, 3.05) is 19.6 Å². The van der Waals surface area contributed by atoms with Crippen LogP contribution in [0.25, 0.3) is 0 Å². The summed E-state index contributed by atoms with van der Waals surface area (Å²) >= 11 is 0. The molecular weight excluding hydrogens is 256 g/mol. The van der Waals surface area contributed by atoms with Crippen LogP contribution in [-0.2, 0) is 0 Å². The number of nitrogens with zero attached hydrogens (tertiary/aromatic N) is 1. The van der Waals surface area contributed by atoms with Gasteiger partial charge in [0.2, 0.25) is 0 Å². The number of likely N-dealkylation sites (tertiary alicyclic amines) is 1. The van der Waals surface area contributed by atoms with Gasteiger partial charge in [-0.25, -0.2) is 0 Å². The molecule has 1 saturated heterocycles. The number of hydrogen-bond donors (Lipinski definition) is 1. The molecule has 0 bridgehead atoms. The Morgan fingerprint density at radius 2 is 1.95 bits per heavy atom. The molecule has 1 aliphatic heterocycles. The van der Waals surface area contributed by atoms with E-state index in [1.807, 2.05) is 0 Å². The lowest BCUT2D eigenvalue weighted by atomic mass is 9.77. The van der Waals surface area contributed by atoms with Gasteiger partial charge >= 0.3 is 0 Å². The normalized spacial score (nSPS) is 33.1. The standard InChI is InChI=1S/C19H30N2/c1-4-10-20-19-17-8-6-5-7-16(17)15(3)12-18(19)21-11-9-14(2)13-21/h5-8,14-15,18-20H,4,9-13H2,1-3H3. The summed E-state index contributed by atoms with van der Waals surface area (Å²) in [5.74, 6) is 1.55. The molecule has 2 nitrogen and oxygen atoms in total. The van der Waals surface area contributed by atoms with Crippen LogP contribution in [0, 0.1) is 5.92 Å². The summed E-state index contributed by atoms with van der Waals surface area (Å²) in [6, 6.07) is 10.3. The first-order chi connectivity index (χ1) is 10.2. The molecule has 21 heavy (non-hydrogen) atoms. The zero-order valence-electron chi connectivity index (χ0n) is 13.8. The molecule has 4 unspecified atom stereocenters. The Bertz CT molecular complexity index is 470. The molecule has 1 fully saturated rings. The van der Waals surface area contributed by atoms with Gasteiger partial charge in [0.15, 0.2) is 0 Å². The highest BCUT2D eigenvalue weighted by molar-refractivity contribution is 5.36. The second-order valence-corrected chi connectivity index (χ2v) is 7.15. The van der Waals surface area contributed by atoms with E-state index in [1.54, 1.807) is 11.1 Å². The molecule has 2 heteroatoms. The SMILES string of the molecule is CCCNC1c2ccccc2C(C)CC1N1CCC(C)C1. The third-order valence-electron chi connectivity index (χ3n) is 5.38. The first-order valence-corrected chi connectivity index (χ1v) is 8.77. The van der Waals surface area contributed by atoms with Crippen LogP contribution in [0.5, 0.6) is 0 Å². The van der Waals surface area contributed by atoms with Crippen LogP contribution in [0.15, 0.2) is 24.3 Å². The van der Waals surface area contributed by atoms with Crippen LogP contribution in [0.2, 0.25) is 0 Å². The molecule has 1 aliphatic carbocycles. The van der Waals surface area contributed by atoms with Crippen LogP contribution >= 0.6 is 0 Å². The molecule has 2 aliphatic rings. The van der Waals surface area contributed by atoms with E-state index in [9.17, 15) is 0 Å². The van der Waals surface area contributed by atoms with E-state index in [1.165, 1.54) is 32.4 Å². The predicted octanol–water partition coefficient (Wildman–Crippen LogP) is 3.94. The van der Waals surface area contributed by atoms with E-state index in [2.05, 4.69) is 55.3 Å². The highest BCUT2D eigenvalue weighted by Gasteiger charge is 2.37. The molecule has 1 N–H and O–H groups in total. The van der Waals surface area contributed by atoms with Gasteiger partial charge in [0.05, 0.1) is 0 Å². The van der Waals surface area contributed by atoms with Crippen molar-refractivity contribution in [3.8, 4) is 0 Å². The average molecular weight is 286 g/mol. The van der Waals surface area contributed by atoms with E-state index in [0.29, 0.717) is 18.0 Å².